The molecular weight excluding hydrogens is 198 g/mol. The first-order chi connectivity index (χ1) is 6.58. The van der Waals surface area contributed by atoms with Crippen molar-refractivity contribution in [3.8, 4) is 0 Å². The molecule has 0 amide bonds. The van der Waals surface area contributed by atoms with Crippen molar-refractivity contribution in [1.29, 1.82) is 0 Å². The number of rotatable bonds is 3. The van der Waals surface area contributed by atoms with Crippen molar-refractivity contribution in [2.24, 2.45) is 5.92 Å². The Morgan fingerprint density at radius 3 is 1.93 bits per heavy atom. The molecule has 84 valence electrons. The van der Waals surface area contributed by atoms with Gasteiger partial charge < -0.3 is 14.4 Å². The van der Waals surface area contributed by atoms with Crippen LogP contribution in [-0.2, 0) is 0 Å². The minimum atomic E-state index is -4.02. The maximum Gasteiger partial charge on any atom is 0.588 e. The zero-order chi connectivity index (χ0) is 10.4. The molecule has 1 aliphatic rings. The van der Waals surface area contributed by atoms with Crippen molar-refractivity contribution in [3.05, 3.63) is 0 Å². The van der Waals surface area contributed by atoms with Crippen LogP contribution in [0.5, 0.6) is 0 Å². The second-order valence-corrected chi connectivity index (χ2v) is 5.85. The van der Waals surface area contributed by atoms with E-state index in [1.54, 1.807) is 0 Å². The molecule has 1 fully saturated rings. The third-order valence-electron chi connectivity index (χ3n) is 2.85. The Morgan fingerprint density at radius 1 is 0.929 bits per heavy atom. The van der Waals surface area contributed by atoms with Crippen molar-refractivity contribution in [3.63, 3.8) is 0 Å². The molecule has 0 heterocycles. The Bertz CT molecular complexity index is 153. The van der Waals surface area contributed by atoms with Crippen LogP contribution in [0.2, 0.25) is 0 Å². The van der Waals surface area contributed by atoms with E-state index in [1.165, 1.54) is 32.1 Å². The van der Waals surface area contributed by atoms with Crippen LogP contribution in [0.1, 0.15) is 44.9 Å². The van der Waals surface area contributed by atoms with Gasteiger partial charge in [0.1, 0.15) is 0 Å². The molecule has 0 aliphatic heterocycles. The molecular formula is C9H21NO3Si. The summed E-state index contributed by atoms with van der Waals surface area (Å²) in [6.45, 7) is 0.537. The van der Waals surface area contributed by atoms with Gasteiger partial charge in [0.15, 0.2) is 0 Å². The maximum atomic E-state index is 8.81. The molecule has 4 nitrogen and oxygen atoms in total. The van der Waals surface area contributed by atoms with Crippen molar-refractivity contribution in [2.45, 2.75) is 44.9 Å². The van der Waals surface area contributed by atoms with Gasteiger partial charge in [0, 0.05) is 0 Å². The Labute approximate surface area is 86.4 Å². The van der Waals surface area contributed by atoms with Gasteiger partial charge in [-0.25, -0.2) is 0 Å². The molecule has 0 saturated heterocycles. The van der Waals surface area contributed by atoms with Gasteiger partial charge in [0.25, 0.3) is 0 Å². The number of hydrogen-bond acceptors (Lipinski definition) is 4. The van der Waals surface area contributed by atoms with E-state index < -0.39 is 8.97 Å². The van der Waals surface area contributed by atoms with Gasteiger partial charge in [-0.3, -0.25) is 4.98 Å². The van der Waals surface area contributed by atoms with Gasteiger partial charge in [0.2, 0.25) is 0 Å². The summed E-state index contributed by atoms with van der Waals surface area (Å²) in [5, 5.41) is 0. The van der Waals surface area contributed by atoms with Crippen molar-refractivity contribution in [2.75, 3.05) is 6.54 Å². The smallest absolute Gasteiger partial charge is 0.377 e. The van der Waals surface area contributed by atoms with E-state index in [0.29, 0.717) is 12.5 Å². The molecule has 0 aromatic rings. The molecule has 1 saturated carbocycles. The minimum absolute atomic E-state index is 0.494. The highest BCUT2D eigenvalue weighted by atomic mass is 28.4. The monoisotopic (exact) mass is 219 g/mol. The fraction of sp³-hybridized carbons (Fsp3) is 1.00. The van der Waals surface area contributed by atoms with E-state index >= 15 is 0 Å². The second-order valence-electron chi connectivity index (χ2n) is 4.23. The standard InChI is InChI=1S/C9H21NO3Si/c11-14(12,13)10-8-9-6-4-2-1-3-5-7-9/h9-13H,1-8H2. The molecule has 0 aromatic heterocycles. The average molecular weight is 219 g/mol. The summed E-state index contributed by atoms with van der Waals surface area (Å²) in [6.07, 6.45) is 8.63. The molecule has 0 spiro atoms. The summed E-state index contributed by atoms with van der Waals surface area (Å²) >= 11 is 0. The summed E-state index contributed by atoms with van der Waals surface area (Å²) in [4.78, 5) is 28.9. The van der Waals surface area contributed by atoms with Crippen LogP contribution in [0, 0.1) is 5.92 Å². The Balaban J connectivity index is 2.20. The zero-order valence-electron chi connectivity index (χ0n) is 8.58. The van der Waals surface area contributed by atoms with E-state index in [9.17, 15) is 0 Å². The predicted molar refractivity (Wildman–Crippen MR) is 56.2 cm³/mol. The highest BCUT2D eigenvalue weighted by Crippen LogP contribution is 2.21. The summed E-state index contributed by atoms with van der Waals surface area (Å²) in [6, 6.07) is 0. The molecule has 4 N–H and O–H groups in total. The lowest BCUT2D eigenvalue weighted by atomic mass is 9.91. The topological polar surface area (TPSA) is 72.7 Å². The normalized spacial score (nSPS) is 21.6. The Hall–Kier alpha value is 0.0569. The highest BCUT2D eigenvalue weighted by molar-refractivity contribution is 6.53. The summed E-state index contributed by atoms with van der Waals surface area (Å²) in [5.74, 6) is 0.494. The van der Waals surface area contributed by atoms with Crippen molar-refractivity contribution >= 4 is 8.97 Å². The first kappa shape index (κ1) is 12.1. The lowest BCUT2D eigenvalue weighted by Crippen LogP contribution is -2.53. The quantitative estimate of drug-likeness (QED) is 0.517. The van der Waals surface area contributed by atoms with Crippen LogP contribution in [0.15, 0.2) is 0 Å². The van der Waals surface area contributed by atoms with Gasteiger partial charge in [-0.05, 0) is 25.3 Å². The highest BCUT2D eigenvalue weighted by Gasteiger charge is 2.28. The van der Waals surface area contributed by atoms with E-state index in [1.807, 2.05) is 0 Å². The molecule has 0 radical (unpaired) electrons. The molecule has 14 heavy (non-hydrogen) atoms. The first-order valence-corrected chi connectivity index (χ1v) is 7.34. The molecule has 0 atom stereocenters. The second kappa shape index (κ2) is 5.82. The van der Waals surface area contributed by atoms with E-state index in [4.69, 9.17) is 14.4 Å². The van der Waals surface area contributed by atoms with Crippen LogP contribution >= 0.6 is 0 Å². The van der Waals surface area contributed by atoms with Crippen molar-refractivity contribution in [1.82, 2.24) is 4.98 Å². The molecule has 1 aliphatic carbocycles. The van der Waals surface area contributed by atoms with Crippen molar-refractivity contribution < 1.29 is 14.4 Å². The molecule has 5 heteroatoms. The van der Waals surface area contributed by atoms with E-state index in [2.05, 4.69) is 4.98 Å². The molecule has 0 bridgehead atoms. The van der Waals surface area contributed by atoms with Gasteiger partial charge in [-0.1, -0.05) is 32.1 Å². The average Bonchev–Trinajstić information content (AvgIpc) is 2.00. The molecule has 1 rings (SSSR count). The van der Waals surface area contributed by atoms with Gasteiger partial charge in [0.05, 0.1) is 0 Å². The molecule has 0 unspecified atom stereocenters. The Kier molecular flexibility index (Phi) is 5.04. The summed E-state index contributed by atoms with van der Waals surface area (Å²) in [5.41, 5.74) is 0. The van der Waals surface area contributed by atoms with Crippen LogP contribution in [0.4, 0.5) is 0 Å². The van der Waals surface area contributed by atoms with E-state index in [-0.39, 0.29) is 0 Å². The lowest BCUT2D eigenvalue weighted by molar-refractivity contribution is 0.202. The SMILES string of the molecule is O[Si](O)(O)NCC1CCCCCCC1. The van der Waals surface area contributed by atoms with Gasteiger partial charge >= 0.3 is 8.97 Å². The third-order valence-corrected chi connectivity index (χ3v) is 3.53. The van der Waals surface area contributed by atoms with Crippen LogP contribution in [0.25, 0.3) is 0 Å². The Morgan fingerprint density at radius 2 is 1.43 bits per heavy atom. The van der Waals surface area contributed by atoms with Crippen LogP contribution in [-0.4, -0.2) is 29.9 Å². The zero-order valence-corrected chi connectivity index (χ0v) is 9.58. The fourth-order valence-electron chi connectivity index (χ4n) is 2.03. The minimum Gasteiger partial charge on any atom is -0.377 e. The van der Waals surface area contributed by atoms with Gasteiger partial charge in [-0.2, -0.15) is 0 Å². The van der Waals surface area contributed by atoms with Crippen LogP contribution < -0.4 is 4.98 Å². The number of hydrogen-bond donors (Lipinski definition) is 4. The summed E-state index contributed by atoms with van der Waals surface area (Å²) in [7, 11) is -4.02. The number of nitrogens with one attached hydrogen (secondary N) is 1. The van der Waals surface area contributed by atoms with Gasteiger partial charge in [-0.15, -0.1) is 0 Å². The third kappa shape index (κ3) is 5.72. The predicted octanol–water partition coefficient (Wildman–Crippen LogP) is 0.349. The largest absolute Gasteiger partial charge is 0.588 e. The maximum absolute atomic E-state index is 8.81. The molecule has 0 aromatic carbocycles. The first-order valence-electron chi connectivity index (χ1n) is 5.50. The fourth-order valence-corrected chi connectivity index (χ4v) is 2.59. The van der Waals surface area contributed by atoms with Crippen LogP contribution in [0.3, 0.4) is 0 Å². The summed E-state index contributed by atoms with van der Waals surface area (Å²) < 4.78 is 0. The lowest BCUT2D eigenvalue weighted by Gasteiger charge is -2.21. The van der Waals surface area contributed by atoms with E-state index in [0.717, 1.165) is 12.8 Å².